The van der Waals surface area contributed by atoms with Gasteiger partial charge in [0.15, 0.2) is 0 Å². The van der Waals surface area contributed by atoms with Gasteiger partial charge >= 0.3 is 0 Å². The van der Waals surface area contributed by atoms with Gasteiger partial charge in [-0.05, 0) is 56.7 Å². The lowest BCUT2D eigenvalue weighted by atomic mass is 9.92. The Bertz CT molecular complexity index is 575. The molecule has 1 aliphatic heterocycles. The number of H-pyrrole nitrogens is 1. The van der Waals surface area contributed by atoms with Gasteiger partial charge in [-0.15, -0.1) is 0 Å². The minimum absolute atomic E-state index is 0.685. The van der Waals surface area contributed by atoms with Gasteiger partial charge in [-0.25, -0.2) is 4.98 Å². The first-order chi connectivity index (χ1) is 9.72. The van der Waals surface area contributed by atoms with E-state index in [-0.39, 0.29) is 0 Å². The molecule has 0 bridgehead atoms. The Morgan fingerprint density at radius 3 is 3.00 bits per heavy atom. The second-order valence-electron chi connectivity index (χ2n) is 5.83. The molecule has 4 heteroatoms. The summed E-state index contributed by atoms with van der Waals surface area (Å²) in [6.07, 6.45) is 5.54. The topological polar surface area (TPSA) is 44.8 Å². The lowest BCUT2D eigenvalue weighted by Gasteiger charge is -2.33. The van der Waals surface area contributed by atoms with Crippen molar-refractivity contribution in [2.24, 2.45) is 5.92 Å². The monoisotopic (exact) mass is 270 g/mol. The van der Waals surface area contributed by atoms with Gasteiger partial charge in [-0.1, -0.05) is 6.07 Å². The van der Waals surface area contributed by atoms with E-state index < -0.39 is 0 Å². The van der Waals surface area contributed by atoms with Gasteiger partial charge < -0.3 is 4.90 Å². The molecule has 1 atom stereocenters. The maximum atomic E-state index is 4.65. The van der Waals surface area contributed by atoms with E-state index in [4.69, 9.17) is 0 Å². The quantitative estimate of drug-likeness (QED) is 0.932. The molecule has 3 heterocycles. The summed E-state index contributed by atoms with van der Waals surface area (Å²) < 4.78 is 0. The molecule has 3 rings (SSSR count). The fourth-order valence-corrected chi connectivity index (χ4v) is 3.01. The molecule has 1 fully saturated rings. The second-order valence-corrected chi connectivity index (χ2v) is 5.83. The number of hydrogen-bond acceptors (Lipinski definition) is 3. The van der Waals surface area contributed by atoms with E-state index in [0.717, 1.165) is 31.0 Å². The van der Waals surface area contributed by atoms with Crippen LogP contribution in [0.3, 0.4) is 0 Å². The van der Waals surface area contributed by atoms with Crippen LogP contribution in [0.25, 0.3) is 0 Å². The Labute approximate surface area is 120 Å². The number of piperidine rings is 1. The smallest absolute Gasteiger partial charge is 0.128 e. The third-order valence-corrected chi connectivity index (χ3v) is 4.14. The molecule has 1 saturated heterocycles. The van der Waals surface area contributed by atoms with Crippen LogP contribution in [0.15, 0.2) is 24.4 Å². The number of aryl methyl sites for hydroxylation is 2. The van der Waals surface area contributed by atoms with Gasteiger partial charge in [-0.3, -0.25) is 5.10 Å². The van der Waals surface area contributed by atoms with Crippen molar-refractivity contribution < 1.29 is 0 Å². The van der Waals surface area contributed by atoms with Crippen LogP contribution in [0.4, 0.5) is 5.82 Å². The zero-order valence-electron chi connectivity index (χ0n) is 12.3. The third kappa shape index (κ3) is 2.84. The summed E-state index contributed by atoms with van der Waals surface area (Å²) in [5.41, 5.74) is 3.65. The normalized spacial score (nSPS) is 19.3. The van der Waals surface area contributed by atoms with Crippen LogP contribution >= 0.6 is 0 Å². The molecule has 0 saturated carbocycles. The van der Waals surface area contributed by atoms with Crippen LogP contribution in [0.1, 0.15) is 29.8 Å². The van der Waals surface area contributed by atoms with Crippen molar-refractivity contribution in [2.45, 2.75) is 33.1 Å². The van der Waals surface area contributed by atoms with E-state index in [9.17, 15) is 0 Å². The number of aromatic amines is 1. The van der Waals surface area contributed by atoms with Gasteiger partial charge in [-0.2, -0.15) is 5.10 Å². The molecule has 0 aliphatic carbocycles. The Morgan fingerprint density at radius 2 is 2.25 bits per heavy atom. The van der Waals surface area contributed by atoms with Gasteiger partial charge in [0.2, 0.25) is 0 Å². The molecule has 0 spiro atoms. The summed E-state index contributed by atoms with van der Waals surface area (Å²) in [6, 6.07) is 6.27. The maximum Gasteiger partial charge on any atom is 0.128 e. The van der Waals surface area contributed by atoms with Crippen LogP contribution in [0, 0.1) is 19.8 Å². The highest BCUT2D eigenvalue weighted by Crippen LogP contribution is 2.24. The van der Waals surface area contributed by atoms with E-state index in [0.29, 0.717) is 5.92 Å². The highest BCUT2D eigenvalue weighted by atomic mass is 15.2. The molecule has 106 valence electrons. The lowest BCUT2D eigenvalue weighted by Crippen LogP contribution is -2.36. The van der Waals surface area contributed by atoms with E-state index >= 15 is 0 Å². The van der Waals surface area contributed by atoms with Crippen molar-refractivity contribution in [3.8, 4) is 0 Å². The molecule has 0 radical (unpaired) electrons. The molecule has 1 unspecified atom stereocenters. The average Bonchev–Trinajstić information content (AvgIpc) is 2.85. The molecule has 0 aromatic carbocycles. The van der Waals surface area contributed by atoms with E-state index in [1.54, 1.807) is 0 Å². The molecule has 20 heavy (non-hydrogen) atoms. The number of pyridine rings is 1. The Kier molecular flexibility index (Phi) is 3.72. The minimum atomic E-state index is 0.685. The number of anilines is 1. The molecule has 0 amide bonds. The van der Waals surface area contributed by atoms with Gasteiger partial charge in [0.25, 0.3) is 0 Å². The molecule has 4 nitrogen and oxygen atoms in total. The van der Waals surface area contributed by atoms with Gasteiger partial charge in [0.05, 0.1) is 6.20 Å². The molecule has 1 N–H and O–H groups in total. The first kappa shape index (κ1) is 13.2. The van der Waals surface area contributed by atoms with Crippen molar-refractivity contribution in [2.75, 3.05) is 18.0 Å². The van der Waals surface area contributed by atoms with Gasteiger partial charge in [0, 0.05) is 24.5 Å². The molecule has 2 aromatic rings. The lowest BCUT2D eigenvalue weighted by molar-refractivity contribution is 0.407. The molecule has 1 aliphatic rings. The minimum Gasteiger partial charge on any atom is -0.356 e. The summed E-state index contributed by atoms with van der Waals surface area (Å²) in [7, 11) is 0. The summed E-state index contributed by atoms with van der Waals surface area (Å²) in [6.45, 7) is 6.39. The molecule has 2 aromatic heterocycles. The van der Waals surface area contributed by atoms with E-state index in [2.05, 4.69) is 52.1 Å². The Hall–Kier alpha value is -1.84. The fourth-order valence-electron chi connectivity index (χ4n) is 3.01. The van der Waals surface area contributed by atoms with Crippen molar-refractivity contribution >= 4 is 5.82 Å². The SMILES string of the molecule is Cc1cccc(N2CCCC(Cc3[nH]ncc3C)C2)n1. The average molecular weight is 270 g/mol. The van der Waals surface area contributed by atoms with Crippen molar-refractivity contribution in [3.63, 3.8) is 0 Å². The fraction of sp³-hybridized carbons (Fsp3) is 0.500. The molecular formula is C16H22N4. The van der Waals surface area contributed by atoms with E-state index in [1.807, 2.05) is 6.20 Å². The standard InChI is InChI=1S/C16H22N4/c1-12-10-17-19-15(12)9-14-6-4-8-20(11-14)16-7-3-5-13(2)18-16/h3,5,7,10,14H,4,6,8-9,11H2,1-2H3,(H,17,19). The Morgan fingerprint density at radius 1 is 1.35 bits per heavy atom. The van der Waals surface area contributed by atoms with Crippen molar-refractivity contribution in [3.05, 3.63) is 41.3 Å². The molecular weight excluding hydrogens is 248 g/mol. The Balaban J connectivity index is 1.69. The number of nitrogens with zero attached hydrogens (tertiary/aromatic N) is 3. The highest BCUT2D eigenvalue weighted by molar-refractivity contribution is 5.39. The number of nitrogens with one attached hydrogen (secondary N) is 1. The van der Waals surface area contributed by atoms with Crippen LogP contribution < -0.4 is 4.90 Å². The second kappa shape index (κ2) is 5.65. The van der Waals surface area contributed by atoms with Crippen LogP contribution in [0.2, 0.25) is 0 Å². The van der Waals surface area contributed by atoms with Crippen LogP contribution in [-0.2, 0) is 6.42 Å². The van der Waals surface area contributed by atoms with Crippen molar-refractivity contribution in [1.82, 2.24) is 15.2 Å². The largest absolute Gasteiger partial charge is 0.356 e. The predicted molar refractivity (Wildman–Crippen MR) is 80.9 cm³/mol. The predicted octanol–water partition coefficient (Wildman–Crippen LogP) is 2.88. The van der Waals surface area contributed by atoms with E-state index in [1.165, 1.54) is 24.1 Å². The summed E-state index contributed by atoms with van der Waals surface area (Å²) in [5.74, 6) is 1.81. The highest BCUT2D eigenvalue weighted by Gasteiger charge is 2.22. The zero-order valence-corrected chi connectivity index (χ0v) is 12.3. The first-order valence-corrected chi connectivity index (χ1v) is 7.40. The van der Waals surface area contributed by atoms with Gasteiger partial charge in [0.1, 0.15) is 5.82 Å². The number of hydrogen-bond donors (Lipinski definition) is 1. The number of aromatic nitrogens is 3. The third-order valence-electron chi connectivity index (χ3n) is 4.14. The summed E-state index contributed by atoms with van der Waals surface area (Å²) in [4.78, 5) is 7.08. The summed E-state index contributed by atoms with van der Waals surface area (Å²) >= 11 is 0. The van der Waals surface area contributed by atoms with Crippen LogP contribution in [0.5, 0.6) is 0 Å². The van der Waals surface area contributed by atoms with Crippen LogP contribution in [-0.4, -0.2) is 28.3 Å². The zero-order chi connectivity index (χ0) is 13.9. The first-order valence-electron chi connectivity index (χ1n) is 7.40. The number of rotatable bonds is 3. The maximum absolute atomic E-state index is 4.65. The summed E-state index contributed by atoms with van der Waals surface area (Å²) in [5, 5.41) is 7.26. The van der Waals surface area contributed by atoms with Crippen molar-refractivity contribution in [1.29, 1.82) is 0 Å².